The molecule has 1 aromatic rings. The molecule has 27 heavy (non-hydrogen) atoms. The fourth-order valence-corrected chi connectivity index (χ4v) is 3.94. The molecule has 5 nitrogen and oxygen atoms in total. The van der Waals surface area contributed by atoms with Gasteiger partial charge in [-0.25, -0.2) is 0 Å². The maximum absolute atomic E-state index is 12.9. The molecule has 1 atom stereocenters. The van der Waals surface area contributed by atoms with E-state index in [1.807, 2.05) is 19.9 Å². The van der Waals surface area contributed by atoms with Crippen LogP contribution in [0.4, 0.5) is 5.69 Å². The highest BCUT2D eigenvalue weighted by atomic mass is 32.1. The molecular weight excluding hydrogens is 358 g/mol. The van der Waals surface area contributed by atoms with Gasteiger partial charge in [-0.3, -0.25) is 19.8 Å². The van der Waals surface area contributed by atoms with Crippen molar-refractivity contribution in [3.05, 3.63) is 34.9 Å². The number of thiocarbonyl (C=S) groups is 1. The molecule has 3 rings (SSSR count). The topological polar surface area (TPSA) is 52.7 Å². The van der Waals surface area contributed by atoms with E-state index >= 15 is 0 Å². The minimum Gasteiger partial charge on any atom is -0.371 e. The highest BCUT2D eigenvalue weighted by molar-refractivity contribution is 7.80. The zero-order valence-corrected chi connectivity index (χ0v) is 17.1. The normalized spacial score (nSPS) is 19.5. The Morgan fingerprint density at radius 2 is 2.07 bits per heavy atom. The monoisotopic (exact) mass is 385 g/mol. The van der Waals surface area contributed by atoms with Gasteiger partial charge in [0.05, 0.1) is 0 Å². The summed E-state index contributed by atoms with van der Waals surface area (Å²) < 4.78 is 0. The molecule has 0 spiro atoms. The Kier molecular flexibility index (Phi) is 5.95. The Morgan fingerprint density at radius 3 is 2.78 bits per heavy atom. The number of nitrogens with zero attached hydrogens (tertiary/aromatic N) is 2. The number of hydrogen-bond acceptors (Lipinski definition) is 4. The minimum absolute atomic E-state index is 0.0545. The van der Waals surface area contributed by atoms with Crippen LogP contribution < -0.4 is 10.2 Å². The molecule has 2 heterocycles. The van der Waals surface area contributed by atoms with Crippen LogP contribution in [-0.2, 0) is 16.0 Å². The number of amides is 2. The van der Waals surface area contributed by atoms with E-state index in [1.54, 1.807) is 6.08 Å². The molecule has 1 aromatic carbocycles. The summed E-state index contributed by atoms with van der Waals surface area (Å²) in [6.07, 6.45) is 5.82. The second kappa shape index (κ2) is 8.21. The van der Waals surface area contributed by atoms with Crippen molar-refractivity contribution in [2.75, 3.05) is 18.0 Å². The Labute approximate surface area is 166 Å². The van der Waals surface area contributed by atoms with E-state index in [4.69, 9.17) is 12.2 Å². The summed E-state index contributed by atoms with van der Waals surface area (Å²) in [5, 5.41) is 2.84. The number of nitrogens with one attached hydrogen (secondary N) is 1. The number of rotatable bonds is 6. The lowest BCUT2D eigenvalue weighted by Gasteiger charge is -2.33. The molecule has 0 unspecified atom stereocenters. The van der Waals surface area contributed by atoms with Crippen LogP contribution in [0.3, 0.4) is 0 Å². The summed E-state index contributed by atoms with van der Waals surface area (Å²) >= 11 is 5.19. The fourth-order valence-electron chi connectivity index (χ4n) is 3.58. The van der Waals surface area contributed by atoms with Gasteiger partial charge in [0.1, 0.15) is 5.57 Å². The first kappa shape index (κ1) is 19.5. The van der Waals surface area contributed by atoms with E-state index in [0.717, 1.165) is 31.5 Å². The molecule has 1 fully saturated rings. The Hall–Kier alpha value is -2.21. The number of unbranched alkanes of at least 4 members (excludes halogenated alkanes) is 1. The molecule has 1 saturated heterocycles. The van der Waals surface area contributed by atoms with Crippen LogP contribution in [0.5, 0.6) is 0 Å². The first-order chi connectivity index (χ1) is 13.0. The van der Waals surface area contributed by atoms with E-state index in [1.165, 1.54) is 29.0 Å². The molecule has 0 aliphatic carbocycles. The van der Waals surface area contributed by atoms with Gasteiger partial charge in [-0.1, -0.05) is 26.3 Å². The maximum atomic E-state index is 12.9. The SMILES string of the molecule is CCCCN1CCc2cc(/C=C3\C(=O)NC(=S)N([C@H](C)CC)C3=O)ccc21. The second-order valence-electron chi connectivity index (χ2n) is 7.23. The van der Waals surface area contributed by atoms with E-state index in [9.17, 15) is 9.59 Å². The van der Waals surface area contributed by atoms with Gasteiger partial charge < -0.3 is 4.90 Å². The van der Waals surface area contributed by atoms with Crippen molar-refractivity contribution >= 4 is 40.9 Å². The zero-order chi connectivity index (χ0) is 19.6. The lowest BCUT2D eigenvalue weighted by atomic mass is 10.0. The number of carbonyl (C=O) groups is 2. The molecule has 0 radical (unpaired) electrons. The fraction of sp³-hybridized carbons (Fsp3) is 0.476. The third kappa shape index (κ3) is 3.90. The summed E-state index contributed by atoms with van der Waals surface area (Å²) in [6, 6.07) is 6.13. The van der Waals surface area contributed by atoms with Crippen LogP contribution in [-0.4, -0.2) is 41.0 Å². The number of hydrogen-bond donors (Lipinski definition) is 1. The van der Waals surface area contributed by atoms with Crippen LogP contribution >= 0.6 is 12.2 Å². The highest BCUT2D eigenvalue weighted by Crippen LogP contribution is 2.30. The van der Waals surface area contributed by atoms with Crippen molar-refractivity contribution in [3.63, 3.8) is 0 Å². The Bertz CT molecular complexity index is 803. The predicted molar refractivity (Wildman–Crippen MR) is 113 cm³/mol. The molecule has 2 aliphatic rings. The van der Waals surface area contributed by atoms with Crippen molar-refractivity contribution in [3.8, 4) is 0 Å². The number of carbonyl (C=O) groups excluding carboxylic acids is 2. The van der Waals surface area contributed by atoms with Crippen molar-refractivity contribution in [2.24, 2.45) is 0 Å². The summed E-state index contributed by atoms with van der Waals surface area (Å²) in [5.41, 5.74) is 3.57. The molecule has 144 valence electrons. The molecular formula is C21H27N3O2S. The number of fused-ring (bicyclic) bond motifs is 1. The van der Waals surface area contributed by atoms with Gasteiger partial charge >= 0.3 is 0 Å². The first-order valence-corrected chi connectivity index (χ1v) is 10.2. The maximum Gasteiger partial charge on any atom is 0.265 e. The van der Waals surface area contributed by atoms with Gasteiger partial charge in [0.2, 0.25) is 0 Å². The summed E-state index contributed by atoms with van der Waals surface area (Å²) in [6.45, 7) is 8.23. The van der Waals surface area contributed by atoms with Crippen LogP contribution in [0.25, 0.3) is 6.08 Å². The van der Waals surface area contributed by atoms with Gasteiger partial charge in [-0.2, -0.15) is 0 Å². The van der Waals surface area contributed by atoms with E-state index in [-0.39, 0.29) is 22.6 Å². The highest BCUT2D eigenvalue weighted by Gasteiger charge is 2.35. The lowest BCUT2D eigenvalue weighted by molar-refractivity contribution is -0.130. The zero-order valence-electron chi connectivity index (χ0n) is 16.2. The van der Waals surface area contributed by atoms with E-state index < -0.39 is 5.91 Å². The van der Waals surface area contributed by atoms with Crippen molar-refractivity contribution in [1.29, 1.82) is 0 Å². The summed E-state index contributed by atoms with van der Waals surface area (Å²) in [4.78, 5) is 29.1. The third-order valence-corrected chi connectivity index (χ3v) is 5.65. The number of benzene rings is 1. The van der Waals surface area contributed by atoms with Crippen LogP contribution in [0.1, 0.15) is 51.2 Å². The summed E-state index contributed by atoms with van der Waals surface area (Å²) in [5.74, 6) is -0.738. The molecule has 2 amide bonds. The molecule has 0 aromatic heterocycles. The van der Waals surface area contributed by atoms with Crippen LogP contribution in [0, 0.1) is 0 Å². The van der Waals surface area contributed by atoms with Crippen molar-refractivity contribution in [1.82, 2.24) is 10.2 Å². The van der Waals surface area contributed by atoms with Crippen molar-refractivity contribution < 1.29 is 9.59 Å². The quantitative estimate of drug-likeness (QED) is 0.464. The van der Waals surface area contributed by atoms with Crippen LogP contribution in [0.15, 0.2) is 23.8 Å². The predicted octanol–water partition coefficient (Wildman–Crippen LogP) is 3.27. The second-order valence-corrected chi connectivity index (χ2v) is 7.62. The largest absolute Gasteiger partial charge is 0.371 e. The molecule has 2 aliphatic heterocycles. The standard InChI is InChI=1S/C21H27N3O2S/c1-4-6-10-23-11-9-16-12-15(7-8-18(16)23)13-17-19(25)22-21(27)24(20(17)26)14(3)5-2/h7-8,12-14H,4-6,9-11H2,1-3H3,(H,22,25,27)/b17-13+/t14-/m1/s1. The molecule has 0 bridgehead atoms. The number of anilines is 1. The molecule has 1 N–H and O–H groups in total. The average molecular weight is 386 g/mol. The Morgan fingerprint density at radius 1 is 1.30 bits per heavy atom. The molecule has 0 saturated carbocycles. The average Bonchev–Trinajstić information content (AvgIpc) is 3.05. The van der Waals surface area contributed by atoms with Gasteiger partial charge in [-0.15, -0.1) is 0 Å². The smallest absolute Gasteiger partial charge is 0.265 e. The first-order valence-electron chi connectivity index (χ1n) is 9.74. The van der Waals surface area contributed by atoms with Gasteiger partial charge in [0, 0.05) is 24.8 Å². The van der Waals surface area contributed by atoms with Gasteiger partial charge in [-0.05, 0) is 67.7 Å². The van der Waals surface area contributed by atoms with Crippen LogP contribution in [0.2, 0.25) is 0 Å². The van der Waals surface area contributed by atoms with Crippen molar-refractivity contribution in [2.45, 2.75) is 52.5 Å². The third-order valence-electron chi connectivity index (χ3n) is 5.35. The van der Waals surface area contributed by atoms with E-state index in [2.05, 4.69) is 29.3 Å². The lowest BCUT2D eigenvalue weighted by Crippen LogP contribution is -2.56. The summed E-state index contributed by atoms with van der Waals surface area (Å²) in [7, 11) is 0. The van der Waals surface area contributed by atoms with Gasteiger partial charge in [0.25, 0.3) is 11.8 Å². The van der Waals surface area contributed by atoms with E-state index in [0.29, 0.717) is 0 Å². The minimum atomic E-state index is -0.422. The molecule has 6 heteroatoms. The van der Waals surface area contributed by atoms with Gasteiger partial charge in [0.15, 0.2) is 5.11 Å². The Balaban J connectivity index is 1.86.